The summed E-state index contributed by atoms with van der Waals surface area (Å²) in [5.41, 5.74) is 1.02. The fraction of sp³-hybridized carbons (Fsp3) is 0.300. The molecule has 1 heterocycles. The maximum Gasteiger partial charge on any atom is 0.391 e. The predicted molar refractivity (Wildman–Crippen MR) is 53.2 cm³/mol. The number of para-hydroxylation sites is 2. The van der Waals surface area contributed by atoms with Crippen LogP contribution in [0.1, 0.15) is 6.42 Å². The monoisotopic (exact) mass is 230 g/mol. The minimum atomic E-state index is -4.36. The number of rotatable bonds is 1. The van der Waals surface area contributed by atoms with Gasteiger partial charge in [-0.1, -0.05) is 12.1 Å². The number of benzene rings is 1. The second-order valence-corrected chi connectivity index (χ2v) is 3.55. The zero-order chi connectivity index (χ0) is 11.8. The first-order valence-corrected chi connectivity index (χ1v) is 4.69. The molecule has 0 unspecified atom stereocenters. The Kier molecular flexibility index (Phi) is 2.49. The average Bonchev–Trinajstić information content (AvgIpc) is 2.17. The zero-order valence-electron chi connectivity index (χ0n) is 8.14. The van der Waals surface area contributed by atoms with Crippen LogP contribution in [-0.4, -0.2) is 18.1 Å². The van der Waals surface area contributed by atoms with Crippen molar-refractivity contribution < 1.29 is 18.0 Å². The zero-order valence-corrected chi connectivity index (χ0v) is 8.14. The van der Waals surface area contributed by atoms with Gasteiger partial charge in [0.25, 0.3) is 0 Å². The van der Waals surface area contributed by atoms with E-state index in [-0.39, 0.29) is 0 Å². The minimum absolute atomic E-state index is 0.505. The molecule has 1 aliphatic heterocycles. The smallest absolute Gasteiger partial charge is 0.372 e. The topological polar surface area (TPSA) is 41.1 Å². The summed E-state index contributed by atoms with van der Waals surface area (Å²) in [6.45, 7) is 0. The predicted octanol–water partition coefficient (Wildman–Crippen LogP) is 2.37. The molecule has 86 valence electrons. The number of hydrogen-bond donors (Lipinski definition) is 2. The summed E-state index contributed by atoms with van der Waals surface area (Å²) < 4.78 is 36.5. The van der Waals surface area contributed by atoms with Crippen molar-refractivity contribution in [1.82, 2.24) is 0 Å². The Bertz CT molecular complexity index is 417. The van der Waals surface area contributed by atoms with Crippen molar-refractivity contribution >= 4 is 17.3 Å². The van der Waals surface area contributed by atoms with Crippen molar-refractivity contribution in [2.24, 2.45) is 0 Å². The third kappa shape index (κ3) is 2.26. The Morgan fingerprint density at radius 3 is 2.44 bits per heavy atom. The van der Waals surface area contributed by atoms with Crippen molar-refractivity contribution in [2.75, 3.05) is 10.6 Å². The highest BCUT2D eigenvalue weighted by Gasteiger charge is 2.37. The standard InChI is InChI=1S/C10H9F3N2O/c11-10(12,13)5-8-9(16)15-7-4-2-1-3-6(7)14-8/h1-4,8,14H,5H2,(H,15,16)/t8-/m0/s1. The lowest BCUT2D eigenvalue weighted by molar-refractivity contribution is -0.144. The molecule has 0 saturated carbocycles. The normalized spacial score (nSPS) is 19.7. The summed E-state index contributed by atoms with van der Waals surface area (Å²) in [6, 6.07) is 5.39. The van der Waals surface area contributed by atoms with Crippen LogP contribution in [0.5, 0.6) is 0 Å². The molecule has 6 heteroatoms. The van der Waals surface area contributed by atoms with Gasteiger partial charge in [0, 0.05) is 0 Å². The molecule has 0 bridgehead atoms. The third-order valence-electron chi connectivity index (χ3n) is 2.27. The second kappa shape index (κ2) is 3.70. The minimum Gasteiger partial charge on any atom is -0.372 e. The number of halogens is 3. The Balaban J connectivity index is 2.18. The van der Waals surface area contributed by atoms with Gasteiger partial charge >= 0.3 is 6.18 Å². The van der Waals surface area contributed by atoms with Gasteiger partial charge in [0.15, 0.2) is 0 Å². The lowest BCUT2D eigenvalue weighted by Crippen LogP contribution is -2.41. The fourth-order valence-corrected chi connectivity index (χ4v) is 1.57. The highest BCUT2D eigenvalue weighted by Crippen LogP contribution is 2.30. The van der Waals surface area contributed by atoms with Gasteiger partial charge in [-0.05, 0) is 12.1 Å². The fourth-order valence-electron chi connectivity index (χ4n) is 1.57. The van der Waals surface area contributed by atoms with Crippen molar-refractivity contribution in [2.45, 2.75) is 18.6 Å². The van der Waals surface area contributed by atoms with Gasteiger partial charge in [-0.3, -0.25) is 4.79 Å². The van der Waals surface area contributed by atoms with E-state index in [1.807, 2.05) is 0 Å². The van der Waals surface area contributed by atoms with Gasteiger partial charge in [-0.15, -0.1) is 0 Å². The van der Waals surface area contributed by atoms with Gasteiger partial charge in [-0.2, -0.15) is 13.2 Å². The molecular weight excluding hydrogens is 221 g/mol. The summed E-state index contributed by atoms with van der Waals surface area (Å²) in [7, 11) is 0. The molecule has 2 rings (SSSR count). The van der Waals surface area contributed by atoms with Crippen molar-refractivity contribution in [3.63, 3.8) is 0 Å². The van der Waals surface area contributed by atoms with Crippen LogP contribution >= 0.6 is 0 Å². The maximum atomic E-state index is 12.2. The van der Waals surface area contributed by atoms with Crippen molar-refractivity contribution in [1.29, 1.82) is 0 Å². The van der Waals surface area contributed by atoms with Crippen LogP contribution in [0.25, 0.3) is 0 Å². The van der Waals surface area contributed by atoms with Crippen LogP contribution in [0.2, 0.25) is 0 Å². The Morgan fingerprint density at radius 2 is 1.81 bits per heavy atom. The van der Waals surface area contributed by atoms with Crippen LogP contribution in [-0.2, 0) is 4.79 Å². The summed E-state index contributed by atoms with van der Waals surface area (Å²) in [6.07, 6.45) is -5.53. The number of hydrogen-bond acceptors (Lipinski definition) is 2. The Hall–Kier alpha value is -1.72. The first-order valence-electron chi connectivity index (χ1n) is 4.69. The van der Waals surface area contributed by atoms with Crippen LogP contribution in [0.3, 0.4) is 0 Å². The maximum absolute atomic E-state index is 12.2. The van der Waals surface area contributed by atoms with Gasteiger partial charge in [0.05, 0.1) is 17.8 Å². The molecule has 1 aromatic carbocycles. The first kappa shape index (κ1) is 10.8. The highest BCUT2D eigenvalue weighted by atomic mass is 19.4. The van der Waals surface area contributed by atoms with Gasteiger partial charge < -0.3 is 10.6 Å². The molecular formula is C10H9F3N2O. The molecule has 0 fully saturated rings. The lowest BCUT2D eigenvalue weighted by atomic mass is 10.1. The van der Waals surface area contributed by atoms with Crippen LogP contribution in [0, 0.1) is 0 Å². The molecule has 0 saturated heterocycles. The summed E-state index contributed by atoms with van der Waals surface area (Å²) >= 11 is 0. The summed E-state index contributed by atoms with van der Waals surface area (Å²) in [4.78, 5) is 11.4. The lowest BCUT2D eigenvalue weighted by Gasteiger charge is -2.27. The molecule has 1 aliphatic rings. The van der Waals surface area contributed by atoms with Crippen LogP contribution < -0.4 is 10.6 Å². The molecule has 3 nitrogen and oxygen atoms in total. The van der Waals surface area contributed by atoms with E-state index in [1.165, 1.54) is 0 Å². The molecule has 1 atom stereocenters. The number of nitrogens with one attached hydrogen (secondary N) is 2. The van der Waals surface area contributed by atoms with Crippen molar-refractivity contribution in [3.05, 3.63) is 24.3 Å². The highest BCUT2D eigenvalue weighted by molar-refractivity contribution is 6.02. The molecule has 1 amide bonds. The van der Waals surface area contributed by atoms with E-state index in [0.29, 0.717) is 11.4 Å². The molecule has 0 spiro atoms. The van der Waals surface area contributed by atoms with E-state index < -0.39 is 24.5 Å². The SMILES string of the molecule is O=C1Nc2ccccc2N[C@H]1CC(F)(F)F. The summed E-state index contributed by atoms with van der Waals surface area (Å²) in [5.74, 6) is -0.656. The van der Waals surface area contributed by atoms with E-state index in [1.54, 1.807) is 24.3 Å². The van der Waals surface area contributed by atoms with E-state index >= 15 is 0 Å². The average molecular weight is 230 g/mol. The molecule has 1 aromatic rings. The molecule has 0 aromatic heterocycles. The number of alkyl halides is 3. The molecule has 2 N–H and O–H groups in total. The van der Waals surface area contributed by atoms with Crippen LogP contribution in [0.4, 0.5) is 24.5 Å². The number of carbonyl (C=O) groups excluding carboxylic acids is 1. The van der Waals surface area contributed by atoms with E-state index in [0.717, 1.165) is 0 Å². The number of amides is 1. The number of fused-ring (bicyclic) bond motifs is 1. The van der Waals surface area contributed by atoms with Gasteiger partial charge in [-0.25, -0.2) is 0 Å². The quantitative estimate of drug-likeness (QED) is 0.777. The van der Waals surface area contributed by atoms with Crippen molar-refractivity contribution in [3.8, 4) is 0 Å². The van der Waals surface area contributed by atoms with E-state index in [2.05, 4.69) is 10.6 Å². The van der Waals surface area contributed by atoms with Gasteiger partial charge in [0.1, 0.15) is 6.04 Å². The third-order valence-corrected chi connectivity index (χ3v) is 2.27. The van der Waals surface area contributed by atoms with E-state index in [9.17, 15) is 18.0 Å². The number of anilines is 2. The van der Waals surface area contributed by atoms with Crippen LogP contribution in [0.15, 0.2) is 24.3 Å². The van der Waals surface area contributed by atoms with Gasteiger partial charge in [0.2, 0.25) is 5.91 Å². The Labute approximate surface area is 89.6 Å². The van der Waals surface area contributed by atoms with E-state index in [4.69, 9.17) is 0 Å². The second-order valence-electron chi connectivity index (χ2n) is 3.55. The Morgan fingerprint density at radius 1 is 1.19 bits per heavy atom. The molecule has 0 aliphatic carbocycles. The first-order chi connectivity index (χ1) is 7.46. The largest absolute Gasteiger partial charge is 0.391 e. The number of carbonyl (C=O) groups is 1. The summed E-state index contributed by atoms with van der Waals surface area (Å²) in [5, 5.41) is 5.00. The molecule has 16 heavy (non-hydrogen) atoms. The molecule has 0 radical (unpaired) electrons.